The Kier molecular flexibility index (Phi) is 9.78. The minimum Gasteiger partial charge on any atom is -0.456 e. The third-order valence-corrected chi connectivity index (χ3v) is 6.67. The number of halogens is 3. The molecule has 2 heterocycles. The van der Waals surface area contributed by atoms with E-state index in [0.717, 1.165) is 6.08 Å². The maximum Gasteiger partial charge on any atom is 0.422 e. The van der Waals surface area contributed by atoms with Crippen LogP contribution in [-0.2, 0) is 33.3 Å². The molecule has 2 aliphatic heterocycles. The van der Waals surface area contributed by atoms with E-state index in [1.165, 1.54) is 35.2 Å². The number of hydrogen-bond donors (Lipinski definition) is 2. The summed E-state index contributed by atoms with van der Waals surface area (Å²) < 4.78 is 57.6. The van der Waals surface area contributed by atoms with E-state index >= 15 is 0 Å². The molecule has 2 saturated heterocycles. The Labute approximate surface area is 232 Å². The molecule has 1 aromatic rings. The molecule has 4 rings (SSSR count). The number of aliphatic hydroxyl groups excluding tert-OH is 1. The molecule has 0 radical (unpaired) electrons. The third kappa shape index (κ3) is 7.93. The lowest BCUT2D eigenvalue weighted by atomic mass is 9.91. The molecule has 11 nitrogen and oxygen atoms in total. The van der Waals surface area contributed by atoms with Crippen LogP contribution in [0.15, 0.2) is 42.0 Å². The molecular weight excluding hydrogens is 553 g/mol. The van der Waals surface area contributed by atoms with Gasteiger partial charge in [-0.3, -0.25) is 9.59 Å². The highest BCUT2D eigenvalue weighted by Gasteiger charge is 2.44. The van der Waals surface area contributed by atoms with E-state index < -0.39 is 49.1 Å². The number of carbonyl (C=O) groups excluding carboxylic acids is 4. The van der Waals surface area contributed by atoms with Crippen molar-refractivity contribution in [3.05, 3.63) is 53.1 Å². The average molecular weight is 583 g/mol. The SMILES string of the molecule is O=C(C=Cc1cccc(C(=O)O[C@@H]2CC(C(=O)N3CCC[C@@H]3C(=O)NCCO)=C[C@H]3OCO[C@H]32)c1)OCC(F)(F)F. The van der Waals surface area contributed by atoms with Crippen LogP contribution in [0.5, 0.6) is 0 Å². The minimum absolute atomic E-state index is 0.0151. The number of fused-ring (bicyclic) bond motifs is 1. The number of nitrogens with zero attached hydrogens (tertiary/aromatic N) is 1. The van der Waals surface area contributed by atoms with Crippen LogP contribution >= 0.6 is 0 Å². The van der Waals surface area contributed by atoms with Crippen molar-refractivity contribution in [2.24, 2.45) is 0 Å². The first-order valence-electron chi connectivity index (χ1n) is 12.9. The van der Waals surface area contributed by atoms with Crippen molar-refractivity contribution in [3.63, 3.8) is 0 Å². The summed E-state index contributed by atoms with van der Waals surface area (Å²) in [5, 5.41) is 11.6. The molecule has 0 bridgehead atoms. The van der Waals surface area contributed by atoms with Crippen molar-refractivity contribution < 1.29 is 56.4 Å². The van der Waals surface area contributed by atoms with E-state index in [-0.39, 0.29) is 43.7 Å². The summed E-state index contributed by atoms with van der Waals surface area (Å²) in [6.45, 7) is -1.56. The lowest BCUT2D eigenvalue weighted by Crippen LogP contribution is -2.49. The van der Waals surface area contributed by atoms with E-state index in [1.54, 1.807) is 6.08 Å². The van der Waals surface area contributed by atoms with Gasteiger partial charge in [0, 0.05) is 31.2 Å². The summed E-state index contributed by atoms with van der Waals surface area (Å²) in [6, 6.07) is 5.17. The van der Waals surface area contributed by atoms with Crippen LogP contribution in [-0.4, -0.2) is 97.4 Å². The Morgan fingerprint density at radius 1 is 1.20 bits per heavy atom. The van der Waals surface area contributed by atoms with Gasteiger partial charge in [0.25, 0.3) is 0 Å². The molecule has 0 saturated carbocycles. The van der Waals surface area contributed by atoms with Crippen molar-refractivity contribution in [3.8, 4) is 0 Å². The van der Waals surface area contributed by atoms with E-state index in [2.05, 4.69) is 10.1 Å². The molecule has 0 unspecified atom stereocenters. The highest BCUT2D eigenvalue weighted by Crippen LogP contribution is 2.33. The van der Waals surface area contributed by atoms with E-state index in [0.29, 0.717) is 30.5 Å². The Bertz CT molecular complexity index is 1220. The normalized spacial score (nSPS) is 24.1. The van der Waals surface area contributed by atoms with Crippen molar-refractivity contribution >= 4 is 29.8 Å². The number of nitrogens with one attached hydrogen (secondary N) is 1. The second kappa shape index (κ2) is 13.3. The van der Waals surface area contributed by atoms with E-state index in [9.17, 15) is 32.3 Å². The van der Waals surface area contributed by atoms with Crippen LogP contribution < -0.4 is 5.32 Å². The molecule has 1 aromatic carbocycles. The molecule has 0 aromatic heterocycles. The highest BCUT2D eigenvalue weighted by molar-refractivity contribution is 5.98. The fourth-order valence-electron chi connectivity index (χ4n) is 4.82. The lowest BCUT2D eigenvalue weighted by Gasteiger charge is -2.32. The molecular formula is C27H29F3N2O9. The summed E-state index contributed by atoms with van der Waals surface area (Å²) in [6.07, 6.45) is -2.10. The van der Waals surface area contributed by atoms with Gasteiger partial charge in [0.15, 0.2) is 6.61 Å². The van der Waals surface area contributed by atoms with Gasteiger partial charge in [-0.05, 0) is 42.7 Å². The molecule has 0 spiro atoms. The average Bonchev–Trinajstić information content (AvgIpc) is 3.63. The van der Waals surface area contributed by atoms with Crippen LogP contribution in [0.25, 0.3) is 6.08 Å². The second-order valence-electron chi connectivity index (χ2n) is 9.57. The van der Waals surface area contributed by atoms with Crippen LogP contribution in [0.2, 0.25) is 0 Å². The lowest BCUT2D eigenvalue weighted by molar-refractivity contribution is -0.182. The molecule has 4 atom stereocenters. The monoisotopic (exact) mass is 582 g/mol. The molecule has 1 aliphatic carbocycles. The summed E-state index contributed by atoms with van der Waals surface area (Å²) in [4.78, 5) is 52.0. The van der Waals surface area contributed by atoms with Gasteiger partial charge >= 0.3 is 18.1 Å². The standard InChI is InChI=1S/C27H29F3N2O9/c28-27(29,30)14-38-22(34)7-6-16-3-1-4-17(11-16)26(37)41-21-13-18(12-20-23(21)40-15-39-20)25(36)32-9-2-5-19(32)24(35)31-8-10-33/h1,3-4,6-7,11-12,19-21,23,33H,2,5,8-10,13-15H2,(H,31,35)/t19-,20-,21-,23-/m1/s1. The zero-order chi connectivity index (χ0) is 29.6. The first kappa shape index (κ1) is 30.2. The quantitative estimate of drug-likeness (QED) is 0.327. The predicted octanol–water partition coefficient (Wildman–Crippen LogP) is 1.50. The van der Waals surface area contributed by atoms with Gasteiger partial charge in [-0.15, -0.1) is 0 Å². The summed E-state index contributed by atoms with van der Waals surface area (Å²) in [5.41, 5.74) is 0.736. The Hall–Kier alpha value is -3.75. The van der Waals surface area contributed by atoms with Crippen molar-refractivity contribution in [1.82, 2.24) is 10.2 Å². The highest BCUT2D eigenvalue weighted by atomic mass is 19.4. The first-order valence-corrected chi connectivity index (χ1v) is 12.9. The van der Waals surface area contributed by atoms with Gasteiger partial charge in [0.05, 0.1) is 12.2 Å². The zero-order valence-corrected chi connectivity index (χ0v) is 21.8. The molecule has 222 valence electrons. The van der Waals surface area contributed by atoms with E-state index in [4.69, 9.17) is 19.3 Å². The number of esters is 2. The van der Waals surface area contributed by atoms with Gasteiger partial charge in [-0.25, -0.2) is 9.59 Å². The third-order valence-electron chi connectivity index (χ3n) is 6.67. The van der Waals surface area contributed by atoms with Crippen molar-refractivity contribution in [2.75, 3.05) is 33.1 Å². The predicted molar refractivity (Wildman–Crippen MR) is 134 cm³/mol. The van der Waals surface area contributed by atoms with Crippen LogP contribution in [0.1, 0.15) is 35.2 Å². The Morgan fingerprint density at radius 3 is 2.76 bits per heavy atom. The fraction of sp³-hybridized carbons (Fsp3) is 0.481. The molecule has 2 N–H and O–H groups in total. The van der Waals surface area contributed by atoms with Gasteiger partial charge in [-0.2, -0.15) is 13.2 Å². The zero-order valence-electron chi connectivity index (χ0n) is 21.8. The van der Waals surface area contributed by atoms with Crippen LogP contribution in [0, 0.1) is 0 Å². The Balaban J connectivity index is 1.42. The van der Waals surface area contributed by atoms with Gasteiger partial charge in [0.2, 0.25) is 11.8 Å². The number of alkyl halides is 3. The molecule has 14 heteroatoms. The van der Waals surface area contributed by atoms with Crippen molar-refractivity contribution in [2.45, 2.75) is 49.8 Å². The minimum atomic E-state index is -4.65. The van der Waals surface area contributed by atoms with Gasteiger partial charge in [0.1, 0.15) is 31.1 Å². The smallest absolute Gasteiger partial charge is 0.422 e. The van der Waals surface area contributed by atoms with E-state index in [1.807, 2.05) is 0 Å². The maximum atomic E-state index is 13.4. The molecule has 2 amide bonds. The maximum absolute atomic E-state index is 13.4. The largest absolute Gasteiger partial charge is 0.456 e. The number of hydrogen-bond acceptors (Lipinski definition) is 9. The number of carbonyl (C=O) groups is 4. The van der Waals surface area contributed by atoms with Gasteiger partial charge < -0.3 is 34.3 Å². The topological polar surface area (TPSA) is 141 Å². The number of likely N-dealkylation sites (tertiary alicyclic amines) is 1. The summed E-state index contributed by atoms with van der Waals surface area (Å²) >= 11 is 0. The number of amides is 2. The first-order chi connectivity index (χ1) is 19.6. The van der Waals surface area contributed by atoms with Crippen LogP contribution in [0.4, 0.5) is 13.2 Å². The second-order valence-corrected chi connectivity index (χ2v) is 9.57. The number of aliphatic hydroxyl groups is 1. The molecule has 41 heavy (non-hydrogen) atoms. The van der Waals surface area contributed by atoms with Crippen LogP contribution in [0.3, 0.4) is 0 Å². The Morgan fingerprint density at radius 2 is 2.00 bits per heavy atom. The number of ether oxygens (including phenoxy) is 4. The van der Waals surface area contributed by atoms with Crippen molar-refractivity contribution in [1.29, 1.82) is 0 Å². The molecule has 2 fully saturated rings. The van der Waals surface area contributed by atoms with Gasteiger partial charge in [-0.1, -0.05) is 12.1 Å². The number of benzene rings is 1. The number of rotatable bonds is 9. The fourth-order valence-corrected chi connectivity index (χ4v) is 4.82. The summed E-state index contributed by atoms with van der Waals surface area (Å²) in [7, 11) is 0. The summed E-state index contributed by atoms with van der Waals surface area (Å²) in [5.74, 6) is -2.69. The molecule has 3 aliphatic rings.